The smallest absolute Gasteiger partial charge is 0.0283 e. The molecule has 1 aliphatic rings. The van der Waals surface area contributed by atoms with E-state index in [-0.39, 0.29) is 0 Å². The van der Waals surface area contributed by atoms with Crippen molar-refractivity contribution in [2.45, 2.75) is 43.4 Å². The average Bonchev–Trinajstić information content (AvgIpc) is 2.49. The Morgan fingerprint density at radius 2 is 2.50 bits per heavy atom. The van der Waals surface area contributed by atoms with Gasteiger partial charge in [-0.3, -0.25) is 0 Å². The fraction of sp³-hybridized carbons (Fsp3) is 0.800. The van der Waals surface area contributed by atoms with Crippen molar-refractivity contribution < 1.29 is 0 Å². The van der Waals surface area contributed by atoms with E-state index in [0.29, 0.717) is 10.8 Å². The van der Waals surface area contributed by atoms with Gasteiger partial charge in [-0.1, -0.05) is 6.08 Å². The van der Waals surface area contributed by atoms with Crippen LogP contribution in [-0.4, -0.2) is 16.5 Å². The van der Waals surface area contributed by atoms with E-state index in [1.807, 2.05) is 17.8 Å². The largest absolute Gasteiger partial charge is 0.326 e. The lowest BCUT2D eigenvalue weighted by Gasteiger charge is -2.29. The standard InChI is InChI=1S/C10H19NS/c1-3-4-6-9(11)10(2)7-5-8-12-10/h3,9H,1,4-8,11H2,2H3. The first-order chi connectivity index (χ1) is 5.69. The lowest BCUT2D eigenvalue weighted by atomic mass is 9.93. The van der Waals surface area contributed by atoms with Crippen LogP contribution in [0.5, 0.6) is 0 Å². The van der Waals surface area contributed by atoms with E-state index in [1.165, 1.54) is 18.6 Å². The van der Waals surface area contributed by atoms with Crippen molar-refractivity contribution in [3.8, 4) is 0 Å². The molecular formula is C10H19NS. The Balaban J connectivity index is 2.38. The molecule has 0 aliphatic carbocycles. The first-order valence-electron chi connectivity index (χ1n) is 4.69. The van der Waals surface area contributed by atoms with Gasteiger partial charge >= 0.3 is 0 Å². The minimum atomic E-state index is 0.350. The maximum atomic E-state index is 6.13. The van der Waals surface area contributed by atoms with Crippen molar-refractivity contribution in [1.29, 1.82) is 0 Å². The molecule has 0 spiro atoms. The number of nitrogens with two attached hydrogens (primary N) is 1. The highest BCUT2D eigenvalue weighted by Crippen LogP contribution is 2.40. The molecule has 0 aromatic heterocycles. The molecule has 1 aliphatic heterocycles. The van der Waals surface area contributed by atoms with Gasteiger partial charge in [0, 0.05) is 10.8 Å². The zero-order valence-corrected chi connectivity index (χ0v) is 8.70. The lowest BCUT2D eigenvalue weighted by molar-refractivity contribution is 0.462. The Bertz CT molecular complexity index is 150. The minimum Gasteiger partial charge on any atom is -0.326 e. The predicted molar refractivity (Wildman–Crippen MR) is 57.5 cm³/mol. The van der Waals surface area contributed by atoms with Gasteiger partial charge in [-0.25, -0.2) is 0 Å². The molecule has 0 saturated carbocycles. The molecule has 0 aromatic rings. The van der Waals surface area contributed by atoms with Crippen LogP contribution in [0.1, 0.15) is 32.6 Å². The molecule has 2 atom stereocenters. The van der Waals surface area contributed by atoms with Gasteiger partial charge in [-0.15, -0.1) is 6.58 Å². The second-order valence-corrected chi connectivity index (χ2v) is 5.37. The summed E-state index contributed by atoms with van der Waals surface area (Å²) in [5, 5.41) is 0. The van der Waals surface area contributed by atoms with Gasteiger partial charge in [0.15, 0.2) is 0 Å². The Kier molecular flexibility index (Phi) is 3.66. The molecule has 0 aromatic carbocycles. The first kappa shape index (κ1) is 10.1. The Labute approximate surface area is 79.8 Å². The van der Waals surface area contributed by atoms with E-state index in [9.17, 15) is 0 Å². The summed E-state index contributed by atoms with van der Waals surface area (Å²) in [4.78, 5) is 0. The van der Waals surface area contributed by atoms with Crippen molar-refractivity contribution in [2.75, 3.05) is 5.75 Å². The summed E-state index contributed by atoms with van der Waals surface area (Å²) in [5.41, 5.74) is 6.13. The highest BCUT2D eigenvalue weighted by atomic mass is 32.2. The maximum absolute atomic E-state index is 6.13. The van der Waals surface area contributed by atoms with Crippen LogP contribution in [0.3, 0.4) is 0 Å². The topological polar surface area (TPSA) is 26.0 Å². The quantitative estimate of drug-likeness (QED) is 0.681. The molecule has 1 heterocycles. The summed E-state index contributed by atoms with van der Waals surface area (Å²) in [6.07, 6.45) is 6.73. The van der Waals surface area contributed by atoms with Gasteiger partial charge in [0.2, 0.25) is 0 Å². The third-order valence-electron chi connectivity index (χ3n) is 2.72. The third kappa shape index (κ3) is 2.27. The SMILES string of the molecule is C=CCCC(N)C1(C)CCCS1. The second kappa shape index (κ2) is 4.33. The zero-order chi connectivity index (χ0) is 9.03. The van der Waals surface area contributed by atoms with Gasteiger partial charge in [0.1, 0.15) is 0 Å². The summed E-state index contributed by atoms with van der Waals surface area (Å²) in [6, 6.07) is 0.350. The van der Waals surface area contributed by atoms with Crippen molar-refractivity contribution in [3.63, 3.8) is 0 Å². The van der Waals surface area contributed by atoms with Gasteiger partial charge in [0.05, 0.1) is 0 Å². The zero-order valence-electron chi connectivity index (χ0n) is 7.88. The van der Waals surface area contributed by atoms with Crippen molar-refractivity contribution >= 4 is 11.8 Å². The molecule has 1 fully saturated rings. The van der Waals surface area contributed by atoms with Crippen LogP contribution >= 0.6 is 11.8 Å². The Hall–Kier alpha value is 0.0500. The second-order valence-electron chi connectivity index (χ2n) is 3.74. The van der Waals surface area contributed by atoms with Crippen LogP contribution in [0.2, 0.25) is 0 Å². The molecule has 2 N–H and O–H groups in total. The highest BCUT2D eigenvalue weighted by Gasteiger charge is 2.34. The lowest BCUT2D eigenvalue weighted by Crippen LogP contribution is -2.40. The van der Waals surface area contributed by atoms with E-state index in [0.717, 1.165) is 12.8 Å². The van der Waals surface area contributed by atoms with Crippen molar-refractivity contribution in [3.05, 3.63) is 12.7 Å². The van der Waals surface area contributed by atoms with Crippen molar-refractivity contribution in [2.24, 2.45) is 5.73 Å². The normalized spacial score (nSPS) is 31.8. The molecule has 2 unspecified atom stereocenters. The molecule has 0 amide bonds. The number of hydrogen-bond acceptors (Lipinski definition) is 2. The van der Waals surface area contributed by atoms with Gasteiger partial charge < -0.3 is 5.73 Å². The van der Waals surface area contributed by atoms with Crippen LogP contribution < -0.4 is 5.73 Å². The fourth-order valence-corrected chi connectivity index (χ4v) is 3.07. The molecule has 1 rings (SSSR count). The molecule has 12 heavy (non-hydrogen) atoms. The van der Waals surface area contributed by atoms with Gasteiger partial charge in [-0.05, 0) is 38.4 Å². The highest BCUT2D eigenvalue weighted by molar-refractivity contribution is 8.00. The summed E-state index contributed by atoms with van der Waals surface area (Å²) in [7, 11) is 0. The summed E-state index contributed by atoms with van der Waals surface area (Å²) < 4.78 is 0.350. The summed E-state index contributed by atoms with van der Waals surface area (Å²) in [5.74, 6) is 1.29. The molecule has 2 heteroatoms. The Morgan fingerprint density at radius 3 is 3.00 bits per heavy atom. The third-order valence-corrected chi connectivity index (χ3v) is 4.37. The monoisotopic (exact) mass is 185 g/mol. The van der Waals surface area contributed by atoms with Crippen LogP contribution in [-0.2, 0) is 0 Å². The summed E-state index contributed by atoms with van der Waals surface area (Å²) >= 11 is 2.04. The molecule has 0 radical (unpaired) electrons. The van der Waals surface area contributed by atoms with Crippen LogP contribution in [0.15, 0.2) is 12.7 Å². The van der Waals surface area contributed by atoms with Crippen molar-refractivity contribution in [1.82, 2.24) is 0 Å². The van der Waals surface area contributed by atoms with E-state index in [4.69, 9.17) is 5.73 Å². The van der Waals surface area contributed by atoms with E-state index >= 15 is 0 Å². The minimum absolute atomic E-state index is 0.350. The fourth-order valence-electron chi connectivity index (χ4n) is 1.70. The number of rotatable bonds is 4. The van der Waals surface area contributed by atoms with E-state index in [1.54, 1.807) is 0 Å². The number of thioether (sulfide) groups is 1. The average molecular weight is 185 g/mol. The first-order valence-corrected chi connectivity index (χ1v) is 5.68. The Morgan fingerprint density at radius 1 is 1.75 bits per heavy atom. The van der Waals surface area contributed by atoms with Crippen LogP contribution in [0.25, 0.3) is 0 Å². The maximum Gasteiger partial charge on any atom is 0.0283 e. The molecule has 1 saturated heterocycles. The predicted octanol–water partition coefficient (Wildman–Crippen LogP) is 2.57. The molecule has 1 nitrogen and oxygen atoms in total. The van der Waals surface area contributed by atoms with Gasteiger partial charge in [-0.2, -0.15) is 11.8 Å². The molecular weight excluding hydrogens is 166 g/mol. The summed E-state index contributed by atoms with van der Waals surface area (Å²) in [6.45, 7) is 6.02. The van der Waals surface area contributed by atoms with Crippen LogP contribution in [0.4, 0.5) is 0 Å². The van der Waals surface area contributed by atoms with Crippen LogP contribution in [0, 0.1) is 0 Å². The molecule has 0 bridgehead atoms. The number of hydrogen-bond donors (Lipinski definition) is 1. The van der Waals surface area contributed by atoms with E-state index < -0.39 is 0 Å². The number of allylic oxidation sites excluding steroid dienone is 1. The molecule has 70 valence electrons. The van der Waals surface area contributed by atoms with E-state index in [2.05, 4.69) is 13.5 Å². The van der Waals surface area contributed by atoms with Gasteiger partial charge in [0.25, 0.3) is 0 Å².